The molecule has 2 fully saturated rings. The maximum Gasteiger partial charge on any atom is 0.0540 e. The molecule has 82 valence electrons. The van der Waals surface area contributed by atoms with Crippen LogP contribution < -0.4 is 5.32 Å². The second kappa shape index (κ2) is 5.13. The second-order valence-electron chi connectivity index (χ2n) is 5.13. The van der Waals surface area contributed by atoms with E-state index in [2.05, 4.69) is 5.32 Å². The van der Waals surface area contributed by atoms with E-state index in [-0.39, 0.29) is 6.10 Å². The van der Waals surface area contributed by atoms with Gasteiger partial charge >= 0.3 is 0 Å². The van der Waals surface area contributed by atoms with Crippen LogP contribution >= 0.6 is 0 Å². The Hall–Kier alpha value is -0.0800. The Kier molecular flexibility index (Phi) is 3.82. The maximum atomic E-state index is 9.37. The summed E-state index contributed by atoms with van der Waals surface area (Å²) in [6, 6.07) is 0. The number of aliphatic hydroxyl groups excluding tert-OH is 1. The highest BCUT2D eigenvalue weighted by Crippen LogP contribution is 2.26. The molecule has 2 heteroatoms. The Morgan fingerprint density at radius 2 is 1.43 bits per heavy atom. The van der Waals surface area contributed by atoms with E-state index in [0.29, 0.717) is 0 Å². The van der Waals surface area contributed by atoms with Gasteiger partial charge in [-0.15, -0.1) is 0 Å². The molecule has 2 saturated carbocycles. The van der Waals surface area contributed by atoms with Crippen LogP contribution in [0.4, 0.5) is 0 Å². The average molecular weight is 197 g/mol. The molecule has 0 aromatic heterocycles. The number of rotatable bonds is 4. The molecule has 2 aliphatic carbocycles. The lowest BCUT2D eigenvalue weighted by atomic mass is 9.84. The van der Waals surface area contributed by atoms with Gasteiger partial charge in [0.2, 0.25) is 0 Å². The number of hydrogen-bond acceptors (Lipinski definition) is 2. The molecule has 0 aromatic carbocycles. The van der Waals surface area contributed by atoms with Crippen molar-refractivity contribution in [1.29, 1.82) is 0 Å². The molecular weight excluding hydrogens is 174 g/mol. The van der Waals surface area contributed by atoms with Crippen LogP contribution in [0.3, 0.4) is 0 Å². The van der Waals surface area contributed by atoms with E-state index < -0.39 is 0 Å². The van der Waals surface area contributed by atoms with Crippen LogP contribution in [0.1, 0.15) is 44.9 Å². The van der Waals surface area contributed by atoms with Crippen molar-refractivity contribution in [2.45, 2.75) is 51.0 Å². The highest BCUT2D eigenvalue weighted by atomic mass is 16.3. The summed E-state index contributed by atoms with van der Waals surface area (Å²) in [4.78, 5) is 0. The molecular formula is C12H23NO. The maximum absolute atomic E-state index is 9.37. The normalized spacial score (nSPS) is 34.1. The van der Waals surface area contributed by atoms with Gasteiger partial charge < -0.3 is 10.4 Å². The van der Waals surface area contributed by atoms with Crippen molar-refractivity contribution in [3.63, 3.8) is 0 Å². The van der Waals surface area contributed by atoms with Gasteiger partial charge in [-0.2, -0.15) is 0 Å². The Balaban J connectivity index is 1.52. The minimum absolute atomic E-state index is 0.00196. The molecule has 0 bridgehead atoms. The topological polar surface area (TPSA) is 32.3 Å². The minimum atomic E-state index is -0.00196. The predicted octanol–water partition coefficient (Wildman–Crippen LogP) is 1.93. The van der Waals surface area contributed by atoms with Gasteiger partial charge in [0.1, 0.15) is 0 Å². The van der Waals surface area contributed by atoms with E-state index in [1.54, 1.807) is 0 Å². The molecule has 0 aliphatic heterocycles. The molecule has 0 radical (unpaired) electrons. The standard InChI is InChI=1S/C12H23NO/c14-12-6-4-11(5-7-12)9-13-8-10-2-1-3-10/h10-14H,1-9H2. The van der Waals surface area contributed by atoms with Crippen molar-refractivity contribution in [2.24, 2.45) is 11.8 Å². The fraction of sp³-hybridized carbons (Fsp3) is 1.00. The third-order valence-corrected chi connectivity index (χ3v) is 3.91. The molecule has 14 heavy (non-hydrogen) atoms. The first-order valence-corrected chi connectivity index (χ1v) is 6.23. The summed E-state index contributed by atoms with van der Waals surface area (Å²) in [5, 5.41) is 13.0. The van der Waals surface area contributed by atoms with Crippen LogP contribution in [0.15, 0.2) is 0 Å². The minimum Gasteiger partial charge on any atom is -0.393 e. The summed E-state index contributed by atoms with van der Waals surface area (Å²) in [6.07, 6.45) is 8.82. The van der Waals surface area contributed by atoms with Crippen molar-refractivity contribution in [3.05, 3.63) is 0 Å². The van der Waals surface area contributed by atoms with Gasteiger partial charge in [-0.3, -0.25) is 0 Å². The summed E-state index contributed by atoms with van der Waals surface area (Å²) >= 11 is 0. The third kappa shape index (κ3) is 2.96. The van der Waals surface area contributed by atoms with Crippen molar-refractivity contribution < 1.29 is 5.11 Å². The van der Waals surface area contributed by atoms with E-state index in [0.717, 1.165) is 24.7 Å². The first kappa shape index (κ1) is 10.4. The van der Waals surface area contributed by atoms with Crippen molar-refractivity contribution in [3.8, 4) is 0 Å². The molecule has 0 aromatic rings. The summed E-state index contributed by atoms with van der Waals surface area (Å²) in [5.41, 5.74) is 0. The zero-order valence-electron chi connectivity index (χ0n) is 9.04. The third-order valence-electron chi connectivity index (χ3n) is 3.91. The van der Waals surface area contributed by atoms with E-state index in [4.69, 9.17) is 0 Å². The lowest BCUT2D eigenvalue weighted by Crippen LogP contribution is -2.33. The Morgan fingerprint density at radius 1 is 0.857 bits per heavy atom. The first-order chi connectivity index (χ1) is 6.84. The fourth-order valence-electron chi connectivity index (χ4n) is 2.54. The van der Waals surface area contributed by atoms with E-state index in [9.17, 15) is 5.11 Å². The zero-order valence-corrected chi connectivity index (χ0v) is 9.04. The van der Waals surface area contributed by atoms with Crippen LogP contribution in [-0.2, 0) is 0 Å². The lowest BCUT2D eigenvalue weighted by molar-refractivity contribution is 0.107. The molecule has 0 atom stereocenters. The smallest absolute Gasteiger partial charge is 0.0540 e. The second-order valence-corrected chi connectivity index (χ2v) is 5.13. The van der Waals surface area contributed by atoms with Crippen molar-refractivity contribution in [2.75, 3.05) is 13.1 Å². The number of hydrogen-bond donors (Lipinski definition) is 2. The molecule has 2 rings (SSSR count). The van der Waals surface area contributed by atoms with Crippen molar-refractivity contribution in [1.82, 2.24) is 5.32 Å². The molecule has 0 unspecified atom stereocenters. The van der Waals surface area contributed by atoms with Gasteiger partial charge in [0.05, 0.1) is 6.10 Å². The largest absolute Gasteiger partial charge is 0.393 e. The van der Waals surface area contributed by atoms with Crippen LogP contribution in [0.5, 0.6) is 0 Å². The SMILES string of the molecule is OC1CCC(CNCC2CCC2)CC1. The first-order valence-electron chi connectivity index (χ1n) is 6.23. The zero-order chi connectivity index (χ0) is 9.80. The summed E-state index contributed by atoms with van der Waals surface area (Å²) in [5.74, 6) is 1.81. The van der Waals surface area contributed by atoms with Crippen LogP contribution in [0.2, 0.25) is 0 Å². The van der Waals surface area contributed by atoms with Gasteiger partial charge in [0.25, 0.3) is 0 Å². The number of aliphatic hydroxyl groups is 1. The van der Waals surface area contributed by atoms with E-state index in [1.165, 1.54) is 45.2 Å². The summed E-state index contributed by atoms with van der Waals surface area (Å²) in [6.45, 7) is 2.42. The van der Waals surface area contributed by atoms with Crippen LogP contribution in [0.25, 0.3) is 0 Å². The number of nitrogens with one attached hydrogen (secondary N) is 1. The van der Waals surface area contributed by atoms with Gasteiger partial charge in [-0.25, -0.2) is 0 Å². The summed E-state index contributed by atoms with van der Waals surface area (Å²) < 4.78 is 0. The highest BCUT2D eigenvalue weighted by molar-refractivity contribution is 4.76. The monoisotopic (exact) mass is 197 g/mol. The molecule has 0 amide bonds. The summed E-state index contributed by atoms with van der Waals surface area (Å²) in [7, 11) is 0. The molecule has 2 aliphatic rings. The lowest BCUT2D eigenvalue weighted by Gasteiger charge is -2.29. The van der Waals surface area contributed by atoms with E-state index >= 15 is 0 Å². The quantitative estimate of drug-likeness (QED) is 0.722. The van der Waals surface area contributed by atoms with Gasteiger partial charge in [0.15, 0.2) is 0 Å². The molecule has 2 N–H and O–H groups in total. The predicted molar refractivity (Wildman–Crippen MR) is 58.2 cm³/mol. The Morgan fingerprint density at radius 3 is 1.93 bits per heavy atom. The Bertz CT molecular complexity index is 160. The van der Waals surface area contributed by atoms with Crippen molar-refractivity contribution >= 4 is 0 Å². The fourth-order valence-corrected chi connectivity index (χ4v) is 2.54. The van der Waals surface area contributed by atoms with Crippen LogP contribution in [0, 0.1) is 11.8 Å². The van der Waals surface area contributed by atoms with Gasteiger partial charge in [-0.05, 0) is 63.5 Å². The van der Waals surface area contributed by atoms with Gasteiger partial charge in [0, 0.05) is 0 Å². The molecule has 0 spiro atoms. The van der Waals surface area contributed by atoms with E-state index in [1.807, 2.05) is 0 Å². The van der Waals surface area contributed by atoms with Crippen LogP contribution in [-0.4, -0.2) is 24.3 Å². The molecule has 0 heterocycles. The molecule has 0 saturated heterocycles. The highest BCUT2D eigenvalue weighted by Gasteiger charge is 2.20. The molecule has 2 nitrogen and oxygen atoms in total. The Labute approximate surface area is 87.1 Å². The van der Waals surface area contributed by atoms with Gasteiger partial charge in [-0.1, -0.05) is 6.42 Å². The average Bonchev–Trinajstić information content (AvgIpc) is 2.12.